The lowest BCUT2D eigenvalue weighted by Crippen LogP contribution is -2.43. The first kappa shape index (κ1) is 25.5. The summed E-state index contributed by atoms with van der Waals surface area (Å²) in [5.74, 6) is -2.20. The van der Waals surface area contributed by atoms with E-state index in [1.807, 2.05) is 0 Å². The Labute approximate surface area is 194 Å². The van der Waals surface area contributed by atoms with Gasteiger partial charge in [-0.25, -0.2) is 13.8 Å². The molecule has 0 radical (unpaired) electrons. The third-order valence-electron chi connectivity index (χ3n) is 4.65. The molecule has 14 heteroatoms. The molecule has 1 aliphatic rings. The first-order valence-electron chi connectivity index (χ1n) is 9.95. The van der Waals surface area contributed by atoms with Crippen molar-refractivity contribution in [2.24, 2.45) is 0 Å². The molecule has 0 amide bonds. The van der Waals surface area contributed by atoms with E-state index < -0.39 is 40.7 Å². The normalized spacial score (nSPS) is 16.9. The van der Waals surface area contributed by atoms with Gasteiger partial charge < -0.3 is 19.7 Å². The minimum absolute atomic E-state index is 0.0292. The predicted octanol–water partition coefficient (Wildman–Crippen LogP) is 1.16. The number of hydrogen-bond donors (Lipinski definition) is 3. The fourth-order valence-electron chi connectivity index (χ4n) is 2.78. The van der Waals surface area contributed by atoms with Crippen LogP contribution in [0.5, 0.6) is 5.88 Å². The molecule has 0 bridgehead atoms. The Bertz CT molecular complexity index is 1060. The Balaban J connectivity index is 1.84. The number of hydrogen-bond acceptors (Lipinski definition) is 9. The maximum atomic E-state index is 14.0. The van der Waals surface area contributed by atoms with E-state index in [1.165, 1.54) is 29.4 Å². The number of anilines is 1. The SMILES string of the molecule is C[C@@H](Oc1cc(NS(=O)(=O)N2CCOCC2)nc(SCc2cccc(F)c2F)n1)[C@@H](O)CO. The van der Waals surface area contributed by atoms with Crippen LogP contribution in [0, 0.1) is 11.6 Å². The number of aromatic nitrogens is 2. The van der Waals surface area contributed by atoms with Gasteiger partial charge >= 0.3 is 10.2 Å². The summed E-state index contributed by atoms with van der Waals surface area (Å²) in [5, 5.41) is 18.9. The van der Waals surface area contributed by atoms with Crippen molar-refractivity contribution in [3.8, 4) is 5.88 Å². The fraction of sp³-hybridized carbons (Fsp3) is 0.474. The molecule has 2 aromatic rings. The molecule has 0 spiro atoms. The number of nitrogens with zero attached hydrogens (tertiary/aromatic N) is 3. The highest BCUT2D eigenvalue weighted by atomic mass is 32.2. The Morgan fingerprint density at radius 1 is 1.30 bits per heavy atom. The van der Waals surface area contributed by atoms with E-state index >= 15 is 0 Å². The van der Waals surface area contributed by atoms with E-state index in [1.54, 1.807) is 0 Å². The number of thioether (sulfide) groups is 1. The third kappa shape index (κ3) is 6.94. The zero-order valence-corrected chi connectivity index (χ0v) is 19.3. The third-order valence-corrected chi connectivity index (χ3v) is 7.06. The van der Waals surface area contributed by atoms with Gasteiger partial charge in [-0.15, -0.1) is 0 Å². The van der Waals surface area contributed by atoms with Crippen molar-refractivity contribution in [3.63, 3.8) is 0 Å². The van der Waals surface area contributed by atoms with Crippen LogP contribution in [0.2, 0.25) is 0 Å². The molecule has 1 aromatic carbocycles. The van der Waals surface area contributed by atoms with Gasteiger partial charge in [-0.05, 0) is 13.0 Å². The summed E-state index contributed by atoms with van der Waals surface area (Å²) in [7, 11) is -3.95. The summed E-state index contributed by atoms with van der Waals surface area (Å²) in [6, 6.07) is 5.01. The summed E-state index contributed by atoms with van der Waals surface area (Å²) >= 11 is 0.938. The van der Waals surface area contributed by atoms with E-state index in [4.69, 9.17) is 14.6 Å². The molecular formula is C19H24F2N4O6S2. The second-order valence-electron chi connectivity index (χ2n) is 7.07. The number of halogens is 2. The Hall–Kier alpha value is -2.10. The molecule has 0 unspecified atom stereocenters. The van der Waals surface area contributed by atoms with Crippen LogP contribution in [0.1, 0.15) is 12.5 Å². The van der Waals surface area contributed by atoms with Crippen LogP contribution in [0.15, 0.2) is 29.4 Å². The average molecular weight is 507 g/mol. The molecule has 1 aliphatic heterocycles. The molecule has 0 saturated carbocycles. The highest BCUT2D eigenvalue weighted by Gasteiger charge is 2.25. The Morgan fingerprint density at radius 3 is 2.73 bits per heavy atom. The minimum atomic E-state index is -3.95. The standard InChI is InChI=1S/C19H24F2N4O6S2/c1-12(15(27)10-26)31-17-9-16(24-33(28,29)25-5-7-30-8-6-25)22-19(23-17)32-11-13-3-2-4-14(20)18(13)21/h2-4,9,12,15,26-27H,5-8,10-11H2,1H3,(H,22,23,24)/t12-,15+/m1/s1. The second-order valence-corrected chi connectivity index (χ2v) is 9.68. The molecule has 1 aromatic heterocycles. The fourth-order valence-corrected chi connectivity index (χ4v) is 4.74. The number of ether oxygens (including phenoxy) is 2. The van der Waals surface area contributed by atoms with Gasteiger partial charge in [-0.2, -0.15) is 17.7 Å². The molecule has 1 saturated heterocycles. The van der Waals surface area contributed by atoms with Gasteiger partial charge in [0, 0.05) is 30.5 Å². The maximum Gasteiger partial charge on any atom is 0.302 e. The van der Waals surface area contributed by atoms with Gasteiger partial charge in [0.25, 0.3) is 0 Å². The topological polar surface area (TPSA) is 134 Å². The molecule has 33 heavy (non-hydrogen) atoms. The number of benzene rings is 1. The van der Waals surface area contributed by atoms with Crippen LogP contribution in [0.25, 0.3) is 0 Å². The van der Waals surface area contributed by atoms with E-state index in [-0.39, 0.29) is 54.5 Å². The molecule has 2 atom stereocenters. The van der Waals surface area contributed by atoms with Gasteiger partial charge in [0.05, 0.1) is 19.8 Å². The van der Waals surface area contributed by atoms with Crippen molar-refractivity contribution in [2.75, 3.05) is 37.6 Å². The van der Waals surface area contributed by atoms with Crippen molar-refractivity contribution in [3.05, 3.63) is 41.5 Å². The van der Waals surface area contributed by atoms with Gasteiger partial charge in [0.1, 0.15) is 18.0 Å². The number of rotatable bonds is 10. The van der Waals surface area contributed by atoms with Gasteiger partial charge in [0.2, 0.25) is 5.88 Å². The lowest BCUT2D eigenvalue weighted by molar-refractivity contribution is 0.00599. The molecular weight excluding hydrogens is 482 g/mol. The molecule has 2 heterocycles. The number of morpholine rings is 1. The average Bonchev–Trinajstić information content (AvgIpc) is 2.79. The lowest BCUT2D eigenvalue weighted by Gasteiger charge is -2.26. The zero-order valence-electron chi connectivity index (χ0n) is 17.6. The summed E-state index contributed by atoms with van der Waals surface area (Å²) < 4.78 is 67.1. The van der Waals surface area contributed by atoms with Crippen molar-refractivity contribution >= 4 is 27.8 Å². The molecule has 1 fully saturated rings. The highest BCUT2D eigenvalue weighted by molar-refractivity contribution is 7.98. The highest BCUT2D eigenvalue weighted by Crippen LogP contribution is 2.27. The molecule has 3 rings (SSSR count). The quantitative estimate of drug-likeness (QED) is 0.321. The van der Waals surface area contributed by atoms with Crippen LogP contribution in [0.4, 0.5) is 14.6 Å². The summed E-state index contributed by atoms with van der Waals surface area (Å²) in [4.78, 5) is 8.30. The largest absolute Gasteiger partial charge is 0.472 e. The summed E-state index contributed by atoms with van der Waals surface area (Å²) in [5.41, 5.74) is 0.0782. The second kappa shape index (κ2) is 11.4. The van der Waals surface area contributed by atoms with E-state index in [9.17, 15) is 22.3 Å². The first-order chi connectivity index (χ1) is 15.7. The first-order valence-corrected chi connectivity index (χ1v) is 12.4. The van der Waals surface area contributed by atoms with E-state index in [0.29, 0.717) is 0 Å². The number of nitrogens with one attached hydrogen (secondary N) is 1. The summed E-state index contributed by atoms with van der Waals surface area (Å²) in [6.07, 6.45) is -2.07. The zero-order chi connectivity index (χ0) is 24.0. The number of aliphatic hydroxyl groups is 2. The molecule has 10 nitrogen and oxygen atoms in total. The van der Waals surface area contributed by atoms with Crippen molar-refractivity contribution in [1.29, 1.82) is 0 Å². The van der Waals surface area contributed by atoms with Gasteiger partial charge in [0.15, 0.2) is 16.8 Å². The van der Waals surface area contributed by atoms with Crippen LogP contribution in [-0.4, -0.2) is 78.0 Å². The predicted molar refractivity (Wildman–Crippen MR) is 116 cm³/mol. The maximum absolute atomic E-state index is 14.0. The summed E-state index contributed by atoms with van der Waals surface area (Å²) in [6.45, 7) is 1.80. The van der Waals surface area contributed by atoms with Gasteiger partial charge in [-0.1, -0.05) is 23.9 Å². The van der Waals surface area contributed by atoms with Crippen LogP contribution in [-0.2, 0) is 20.7 Å². The van der Waals surface area contributed by atoms with Crippen LogP contribution < -0.4 is 9.46 Å². The molecule has 182 valence electrons. The van der Waals surface area contributed by atoms with Crippen LogP contribution >= 0.6 is 11.8 Å². The number of aliphatic hydroxyl groups excluding tert-OH is 2. The molecule has 0 aliphatic carbocycles. The minimum Gasteiger partial charge on any atom is -0.472 e. The van der Waals surface area contributed by atoms with Crippen molar-refractivity contribution in [2.45, 2.75) is 30.0 Å². The Kier molecular flexibility index (Phi) is 8.78. The van der Waals surface area contributed by atoms with E-state index in [0.717, 1.165) is 17.8 Å². The smallest absolute Gasteiger partial charge is 0.302 e. The van der Waals surface area contributed by atoms with Crippen molar-refractivity contribution in [1.82, 2.24) is 14.3 Å². The Morgan fingerprint density at radius 2 is 2.03 bits per heavy atom. The van der Waals surface area contributed by atoms with Crippen LogP contribution in [0.3, 0.4) is 0 Å². The van der Waals surface area contributed by atoms with Crippen molar-refractivity contribution < 1.29 is 36.9 Å². The van der Waals surface area contributed by atoms with Gasteiger partial charge in [-0.3, -0.25) is 4.72 Å². The monoisotopic (exact) mass is 506 g/mol. The molecule has 3 N–H and O–H groups in total. The lowest BCUT2D eigenvalue weighted by atomic mass is 10.2. The van der Waals surface area contributed by atoms with E-state index in [2.05, 4.69) is 14.7 Å².